The molecule has 2 saturated carbocycles. The summed E-state index contributed by atoms with van der Waals surface area (Å²) in [5.41, 5.74) is 0. The zero-order chi connectivity index (χ0) is 23.9. The summed E-state index contributed by atoms with van der Waals surface area (Å²) < 4.78 is 2.99. The highest BCUT2D eigenvalue weighted by molar-refractivity contribution is 7.20. The highest BCUT2D eigenvalue weighted by atomic mass is 32.1. The summed E-state index contributed by atoms with van der Waals surface area (Å²) in [5, 5.41) is 8.57. The van der Waals surface area contributed by atoms with E-state index in [4.69, 9.17) is 0 Å². The van der Waals surface area contributed by atoms with Gasteiger partial charge in [-0.2, -0.15) is 0 Å². The van der Waals surface area contributed by atoms with Gasteiger partial charge in [0.05, 0.1) is 0 Å². The molecule has 2 aromatic heterocycles. The van der Waals surface area contributed by atoms with Crippen LogP contribution >= 0.6 is 22.7 Å². The van der Waals surface area contributed by atoms with Gasteiger partial charge in [-0.3, -0.25) is 0 Å². The maximum atomic E-state index is 2.48. The van der Waals surface area contributed by atoms with E-state index in [9.17, 15) is 0 Å². The first-order chi connectivity index (χ1) is 17.8. The van der Waals surface area contributed by atoms with E-state index in [1.807, 2.05) is 0 Å². The number of hydrogen-bond acceptors (Lipinski definition) is 2. The van der Waals surface area contributed by atoms with Crippen molar-refractivity contribution in [2.24, 2.45) is 11.8 Å². The average molecular weight is 511 g/mol. The van der Waals surface area contributed by atoms with Gasteiger partial charge in [-0.05, 0) is 83.3 Å². The van der Waals surface area contributed by atoms with Crippen molar-refractivity contribution in [1.82, 2.24) is 0 Å². The summed E-state index contributed by atoms with van der Waals surface area (Å²) in [5.74, 6) is 1.93. The molecule has 0 unspecified atom stereocenters. The predicted molar refractivity (Wildman–Crippen MR) is 162 cm³/mol. The lowest BCUT2D eigenvalue weighted by Crippen LogP contribution is -2.06. The molecule has 0 radical (unpaired) electrons. The Kier molecular flexibility index (Phi) is 6.52. The van der Waals surface area contributed by atoms with Gasteiger partial charge in [-0.25, -0.2) is 0 Å². The van der Waals surface area contributed by atoms with Crippen LogP contribution in [-0.4, -0.2) is 0 Å². The Balaban J connectivity index is 1.18. The van der Waals surface area contributed by atoms with Crippen LogP contribution in [0.3, 0.4) is 0 Å². The Hall–Kier alpha value is -1.90. The summed E-state index contributed by atoms with van der Waals surface area (Å²) in [7, 11) is 0. The molecule has 7 rings (SSSR count). The molecular formula is C34H38S2. The Labute approximate surface area is 223 Å². The van der Waals surface area contributed by atoms with Gasteiger partial charge in [0.1, 0.15) is 0 Å². The summed E-state index contributed by atoms with van der Waals surface area (Å²) in [6.45, 7) is 0. The van der Waals surface area contributed by atoms with Crippen LogP contribution in [0.4, 0.5) is 0 Å². The summed E-state index contributed by atoms with van der Waals surface area (Å²) in [6.07, 6.45) is 19.8. The van der Waals surface area contributed by atoms with Crippen LogP contribution in [0.25, 0.3) is 41.7 Å². The standard InChI is InChI=1S/C34H38S2/c1-3-7-23(8-4-1)11-17-29-19-27-15-13-25-22-32-26(21-31(25)33(27)35-29)14-16-28-20-30(36-34(28)32)18-12-24-9-5-2-6-10-24/h13-16,19-24H,1-12,17-18H2. The molecule has 2 aliphatic rings. The Morgan fingerprint density at radius 2 is 0.917 bits per heavy atom. The number of hydrogen-bond donors (Lipinski definition) is 0. The molecule has 186 valence electrons. The van der Waals surface area contributed by atoms with Crippen LogP contribution < -0.4 is 0 Å². The number of fused-ring (bicyclic) bond motifs is 6. The highest BCUT2D eigenvalue weighted by Crippen LogP contribution is 2.40. The van der Waals surface area contributed by atoms with E-state index in [0.29, 0.717) is 0 Å². The van der Waals surface area contributed by atoms with E-state index in [2.05, 4.69) is 71.2 Å². The molecule has 36 heavy (non-hydrogen) atoms. The molecule has 0 bridgehead atoms. The van der Waals surface area contributed by atoms with Crippen molar-refractivity contribution in [2.75, 3.05) is 0 Å². The summed E-state index contributed by atoms with van der Waals surface area (Å²) in [6, 6.07) is 19.4. The molecule has 2 heterocycles. The van der Waals surface area contributed by atoms with Crippen LogP contribution in [0, 0.1) is 11.8 Å². The van der Waals surface area contributed by atoms with Gasteiger partial charge >= 0.3 is 0 Å². The molecule has 0 nitrogen and oxygen atoms in total. The molecular weight excluding hydrogens is 473 g/mol. The van der Waals surface area contributed by atoms with Gasteiger partial charge in [-0.1, -0.05) is 88.5 Å². The maximum Gasteiger partial charge on any atom is 0.0424 e. The lowest BCUT2D eigenvalue weighted by Gasteiger charge is -2.20. The highest BCUT2D eigenvalue weighted by Gasteiger charge is 2.16. The lowest BCUT2D eigenvalue weighted by atomic mass is 9.86. The van der Waals surface area contributed by atoms with Crippen molar-refractivity contribution in [3.05, 3.63) is 58.3 Å². The third kappa shape index (κ3) is 4.61. The first-order valence-electron chi connectivity index (χ1n) is 14.6. The largest absolute Gasteiger partial charge is 0.140 e. The molecule has 0 N–H and O–H groups in total. The zero-order valence-electron chi connectivity index (χ0n) is 21.5. The summed E-state index contributed by atoms with van der Waals surface area (Å²) >= 11 is 4.11. The van der Waals surface area contributed by atoms with Gasteiger partial charge in [0.15, 0.2) is 0 Å². The van der Waals surface area contributed by atoms with Crippen LogP contribution in [-0.2, 0) is 12.8 Å². The number of rotatable bonds is 6. The molecule has 0 aliphatic heterocycles. The van der Waals surface area contributed by atoms with Crippen molar-refractivity contribution in [3.8, 4) is 0 Å². The second kappa shape index (κ2) is 10.1. The third-order valence-electron chi connectivity index (χ3n) is 9.27. The summed E-state index contributed by atoms with van der Waals surface area (Å²) in [4.78, 5) is 3.17. The van der Waals surface area contributed by atoms with Crippen molar-refractivity contribution in [2.45, 2.75) is 89.9 Å². The third-order valence-corrected chi connectivity index (χ3v) is 11.8. The van der Waals surface area contributed by atoms with Gasteiger partial charge in [0.25, 0.3) is 0 Å². The fraction of sp³-hybridized carbons (Fsp3) is 0.471. The second-order valence-electron chi connectivity index (χ2n) is 11.8. The Morgan fingerprint density at radius 3 is 1.36 bits per heavy atom. The topological polar surface area (TPSA) is 0 Å². The molecule has 5 aromatic rings. The number of thiophene rings is 2. The van der Waals surface area contributed by atoms with Gasteiger partial charge in [0, 0.05) is 29.9 Å². The quantitative estimate of drug-likeness (QED) is 0.199. The fourth-order valence-electron chi connectivity index (χ4n) is 7.14. The van der Waals surface area contributed by atoms with Gasteiger partial charge in [0.2, 0.25) is 0 Å². The van der Waals surface area contributed by atoms with E-state index < -0.39 is 0 Å². The molecule has 2 heteroatoms. The smallest absolute Gasteiger partial charge is 0.0424 e. The van der Waals surface area contributed by atoms with E-state index in [-0.39, 0.29) is 0 Å². The normalized spacial score (nSPS) is 18.2. The van der Waals surface area contributed by atoms with E-state index in [0.717, 1.165) is 11.8 Å². The molecule has 2 fully saturated rings. The van der Waals surface area contributed by atoms with Crippen LogP contribution in [0.15, 0.2) is 48.5 Å². The van der Waals surface area contributed by atoms with Crippen LogP contribution in [0.5, 0.6) is 0 Å². The lowest BCUT2D eigenvalue weighted by molar-refractivity contribution is 0.340. The molecule has 0 atom stereocenters. The van der Waals surface area contributed by atoms with E-state index in [1.165, 1.54) is 132 Å². The molecule has 2 aliphatic carbocycles. The predicted octanol–water partition coefficient (Wildman–Crippen LogP) is 11.4. The first kappa shape index (κ1) is 23.2. The minimum Gasteiger partial charge on any atom is -0.140 e. The molecule has 3 aromatic carbocycles. The molecule has 0 spiro atoms. The van der Waals surface area contributed by atoms with Crippen molar-refractivity contribution < 1.29 is 0 Å². The Morgan fingerprint density at radius 1 is 0.500 bits per heavy atom. The minimum absolute atomic E-state index is 0.963. The number of benzene rings is 3. The van der Waals surface area contributed by atoms with Crippen LogP contribution in [0.2, 0.25) is 0 Å². The van der Waals surface area contributed by atoms with Gasteiger partial charge < -0.3 is 0 Å². The maximum absolute atomic E-state index is 2.48. The van der Waals surface area contributed by atoms with Crippen molar-refractivity contribution in [1.29, 1.82) is 0 Å². The SMILES string of the molecule is c1cc2cc(CCC3CCCCC3)sc2c2cc3ccc4cc(CCC5CCCCC5)sc4c3cc12. The molecule has 0 saturated heterocycles. The monoisotopic (exact) mass is 510 g/mol. The van der Waals surface area contributed by atoms with Crippen LogP contribution in [0.1, 0.15) is 86.8 Å². The minimum atomic E-state index is 0.963. The second-order valence-corrected chi connectivity index (χ2v) is 14.0. The zero-order valence-corrected chi connectivity index (χ0v) is 23.1. The van der Waals surface area contributed by atoms with Crippen molar-refractivity contribution >= 4 is 64.4 Å². The Bertz CT molecular complexity index is 1390. The van der Waals surface area contributed by atoms with E-state index in [1.54, 1.807) is 9.75 Å². The van der Waals surface area contributed by atoms with Gasteiger partial charge in [-0.15, -0.1) is 22.7 Å². The van der Waals surface area contributed by atoms with E-state index >= 15 is 0 Å². The number of aryl methyl sites for hydroxylation is 2. The molecule has 0 amide bonds. The average Bonchev–Trinajstić information content (AvgIpc) is 3.55. The van der Waals surface area contributed by atoms with Crippen molar-refractivity contribution in [3.63, 3.8) is 0 Å². The fourth-order valence-corrected chi connectivity index (χ4v) is 9.54. The first-order valence-corrected chi connectivity index (χ1v) is 16.2.